The van der Waals surface area contributed by atoms with Gasteiger partial charge in [0.25, 0.3) is 0 Å². The van der Waals surface area contributed by atoms with E-state index in [1.165, 1.54) is 12.1 Å². The predicted molar refractivity (Wildman–Crippen MR) is 81.2 cm³/mol. The fourth-order valence-electron chi connectivity index (χ4n) is 2.07. The third-order valence-electron chi connectivity index (χ3n) is 3.29. The van der Waals surface area contributed by atoms with Gasteiger partial charge in [-0.25, -0.2) is 8.42 Å². The summed E-state index contributed by atoms with van der Waals surface area (Å²) in [5, 5.41) is 0.213. The van der Waals surface area contributed by atoms with E-state index in [-0.39, 0.29) is 21.6 Å². The number of nitrogens with two attached hydrogens (primary N) is 1. The van der Waals surface area contributed by atoms with Crippen LogP contribution in [0, 0.1) is 5.92 Å². The maximum absolute atomic E-state index is 12.4. The Bertz CT molecular complexity index is 514. The number of unbranched alkanes of at least 4 members (excludes halogenated alkanes) is 1. The highest BCUT2D eigenvalue weighted by atomic mass is 35.5. The summed E-state index contributed by atoms with van der Waals surface area (Å²) in [5.74, 6) is 0.353. The van der Waals surface area contributed by atoms with Gasteiger partial charge in [-0.05, 0) is 30.5 Å². The van der Waals surface area contributed by atoms with Crippen LogP contribution in [0.15, 0.2) is 23.1 Å². The van der Waals surface area contributed by atoms with Crippen molar-refractivity contribution in [3.63, 3.8) is 0 Å². The number of anilines is 1. The van der Waals surface area contributed by atoms with Gasteiger partial charge in [0, 0.05) is 5.69 Å². The van der Waals surface area contributed by atoms with E-state index in [2.05, 4.69) is 6.92 Å². The molecule has 0 heterocycles. The number of hydrogen-bond acceptors (Lipinski definition) is 3. The fourth-order valence-corrected chi connectivity index (χ4v) is 4.44. The highest BCUT2D eigenvalue weighted by molar-refractivity contribution is 7.91. The van der Waals surface area contributed by atoms with Gasteiger partial charge >= 0.3 is 0 Å². The van der Waals surface area contributed by atoms with Gasteiger partial charge in [-0.3, -0.25) is 0 Å². The molecule has 19 heavy (non-hydrogen) atoms. The summed E-state index contributed by atoms with van der Waals surface area (Å²) in [6.07, 6.45) is 3.95. The number of hydrogen-bond donors (Lipinski definition) is 1. The molecule has 0 aromatic heterocycles. The number of nitrogen functional groups attached to an aromatic ring is 1. The Labute approximate surface area is 121 Å². The molecule has 0 aliphatic carbocycles. The first-order valence-electron chi connectivity index (χ1n) is 6.68. The molecular formula is C14H22ClNO2S. The predicted octanol–water partition coefficient (Wildman–Crippen LogP) is 3.91. The van der Waals surface area contributed by atoms with Crippen LogP contribution in [-0.2, 0) is 9.84 Å². The normalized spacial score (nSPS) is 13.4. The zero-order valence-electron chi connectivity index (χ0n) is 11.5. The monoisotopic (exact) mass is 303 g/mol. The summed E-state index contributed by atoms with van der Waals surface area (Å²) in [5.41, 5.74) is 6.06. The summed E-state index contributed by atoms with van der Waals surface area (Å²) >= 11 is 5.99. The van der Waals surface area contributed by atoms with E-state index in [9.17, 15) is 8.42 Å². The van der Waals surface area contributed by atoms with E-state index in [1.807, 2.05) is 6.92 Å². The molecule has 2 N–H and O–H groups in total. The van der Waals surface area contributed by atoms with Crippen molar-refractivity contribution in [1.82, 2.24) is 0 Å². The van der Waals surface area contributed by atoms with Crippen LogP contribution >= 0.6 is 11.6 Å². The van der Waals surface area contributed by atoms with Crippen molar-refractivity contribution < 1.29 is 8.42 Å². The third kappa shape index (κ3) is 4.69. The van der Waals surface area contributed by atoms with Gasteiger partial charge in [-0.15, -0.1) is 0 Å². The zero-order chi connectivity index (χ0) is 14.5. The molecule has 1 aromatic rings. The molecule has 5 heteroatoms. The van der Waals surface area contributed by atoms with Gasteiger partial charge in [0.05, 0.1) is 15.7 Å². The van der Waals surface area contributed by atoms with Crippen LogP contribution in [0.25, 0.3) is 0 Å². The quantitative estimate of drug-likeness (QED) is 0.777. The molecule has 108 valence electrons. The van der Waals surface area contributed by atoms with E-state index in [0.717, 1.165) is 25.7 Å². The van der Waals surface area contributed by atoms with Gasteiger partial charge in [-0.1, -0.05) is 44.7 Å². The SMILES string of the molecule is CCCCC(CC)CS(=O)(=O)c1ccc(N)cc1Cl. The third-order valence-corrected chi connectivity index (χ3v) is 5.65. The highest BCUT2D eigenvalue weighted by Gasteiger charge is 2.22. The van der Waals surface area contributed by atoms with Crippen molar-refractivity contribution >= 4 is 27.1 Å². The smallest absolute Gasteiger partial charge is 0.180 e. The van der Waals surface area contributed by atoms with E-state index in [1.54, 1.807) is 6.07 Å². The first-order chi connectivity index (χ1) is 8.90. The summed E-state index contributed by atoms with van der Waals surface area (Å²) in [7, 11) is -3.34. The molecule has 0 aliphatic heterocycles. The van der Waals surface area contributed by atoms with Crippen LogP contribution in [0.5, 0.6) is 0 Å². The number of rotatable bonds is 7. The number of sulfone groups is 1. The molecule has 1 atom stereocenters. The average Bonchev–Trinajstić information content (AvgIpc) is 2.33. The lowest BCUT2D eigenvalue weighted by Gasteiger charge is -2.15. The minimum Gasteiger partial charge on any atom is -0.399 e. The molecule has 0 amide bonds. The maximum atomic E-state index is 12.4. The Morgan fingerprint density at radius 3 is 2.53 bits per heavy atom. The van der Waals surface area contributed by atoms with E-state index >= 15 is 0 Å². The number of halogens is 1. The molecule has 0 radical (unpaired) electrons. The van der Waals surface area contributed by atoms with Gasteiger partial charge in [0.2, 0.25) is 0 Å². The van der Waals surface area contributed by atoms with Crippen LogP contribution in [-0.4, -0.2) is 14.2 Å². The molecule has 0 spiro atoms. The van der Waals surface area contributed by atoms with Crippen molar-refractivity contribution in [2.24, 2.45) is 5.92 Å². The van der Waals surface area contributed by atoms with Crippen molar-refractivity contribution in [3.8, 4) is 0 Å². The van der Waals surface area contributed by atoms with Gasteiger partial charge < -0.3 is 5.73 Å². The fraction of sp³-hybridized carbons (Fsp3) is 0.571. The lowest BCUT2D eigenvalue weighted by molar-refractivity contribution is 0.483. The van der Waals surface area contributed by atoms with E-state index in [0.29, 0.717) is 5.69 Å². The second kappa shape index (κ2) is 7.15. The minimum atomic E-state index is -3.34. The molecule has 0 saturated heterocycles. The van der Waals surface area contributed by atoms with Crippen LogP contribution in [0.4, 0.5) is 5.69 Å². The summed E-state index contributed by atoms with van der Waals surface area (Å²) < 4.78 is 24.7. The number of benzene rings is 1. The molecule has 0 aliphatic rings. The van der Waals surface area contributed by atoms with Gasteiger partial charge in [0.15, 0.2) is 9.84 Å². The Kier molecular flexibility index (Phi) is 6.14. The van der Waals surface area contributed by atoms with Crippen molar-refractivity contribution in [2.75, 3.05) is 11.5 Å². The Morgan fingerprint density at radius 1 is 1.32 bits per heavy atom. The first-order valence-corrected chi connectivity index (χ1v) is 8.71. The molecule has 1 rings (SSSR count). The topological polar surface area (TPSA) is 60.2 Å². The molecule has 0 saturated carbocycles. The van der Waals surface area contributed by atoms with Crippen LogP contribution in [0.3, 0.4) is 0 Å². The molecule has 0 bridgehead atoms. The molecule has 3 nitrogen and oxygen atoms in total. The maximum Gasteiger partial charge on any atom is 0.180 e. The first kappa shape index (κ1) is 16.3. The summed E-state index contributed by atoms with van der Waals surface area (Å²) in [6, 6.07) is 4.56. The van der Waals surface area contributed by atoms with E-state index < -0.39 is 9.84 Å². The molecule has 0 fully saturated rings. The van der Waals surface area contributed by atoms with Crippen LogP contribution < -0.4 is 5.73 Å². The zero-order valence-corrected chi connectivity index (χ0v) is 13.1. The van der Waals surface area contributed by atoms with Gasteiger partial charge in [-0.2, -0.15) is 0 Å². The standard InChI is InChI=1S/C14H22ClNO2S/c1-3-5-6-11(4-2)10-19(17,18)14-8-7-12(16)9-13(14)15/h7-9,11H,3-6,10,16H2,1-2H3. The lowest BCUT2D eigenvalue weighted by atomic mass is 10.0. The summed E-state index contributed by atoms with van der Waals surface area (Å²) in [4.78, 5) is 0.193. The van der Waals surface area contributed by atoms with Crippen molar-refractivity contribution in [1.29, 1.82) is 0 Å². The van der Waals surface area contributed by atoms with Crippen LogP contribution in [0.1, 0.15) is 39.5 Å². The molecule has 1 aromatic carbocycles. The average molecular weight is 304 g/mol. The largest absolute Gasteiger partial charge is 0.399 e. The second-order valence-corrected chi connectivity index (χ2v) is 7.30. The van der Waals surface area contributed by atoms with Crippen LogP contribution in [0.2, 0.25) is 5.02 Å². The highest BCUT2D eigenvalue weighted by Crippen LogP contribution is 2.27. The Balaban J connectivity index is 2.90. The minimum absolute atomic E-state index is 0.160. The molecular weight excluding hydrogens is 282 g/mol. The Morgan fingerprint density at radius 2 is 2.00 bits per heavy atom. The van der Waals surface area contributed by atoms with Gasteiger partial charge in [0.1, 0.15) is 0 Å². The van der Waals surface area contributed by atoms with Crippen molar-refractivity contribution in [2.45, 2.75) is 44.4 Å². The summed E-state index contributed by atoms with van der Waals surface area (Å²) in [6.45, 7) is 4.14. The van der Waals surface area contributed by atoms with E-state index in [4.69, 9.17) is 17.3 Å². The lowest BCUT2D eigenvalue weighted by Crippen LogP contribution is -2.16. The Hall–Kier alpha value is -0.740. The molecule has 1 unspecified atom stereocenters. The van der Waals surface area contributed by atoms with Crippen molar-refractivity contribution in [3.05, 3.63) is 23.2 Å². The second-order valence-electron chi connectivity index (χ2n) is 4.89.